The van der Waals surface area contributed by atoms with Crippen LogP contribution in [0.15, 0.2) is 11.4 Å². The second kappa shape index (κ2) is 4.11. The lowest BCUT2D eigenvalue weighted by atomic mass is 9.95. The molecule has 0 aliphatic rings. The van der Waals surface area contributed by atoms with Gasteiger partial charge < -0.3 is 5.11 Å². The smallest absolute Gasteiger partial charge is 0.306 e. The van der Waals surface area contributed by atoms with Crippen molar-refractivity contribution in [3.63, 3.8) is 0 Å². The maximum absolute atomic E-state index is 10.7. The van der Waals surface area contributed by atoms with Crippen LogP contribution in [0.3, 0.4) is 0 Å². The van der Waals surface area contributed by atoms with Crippen LogP contribution >= 0.6 is 22.9 Å². The Hall–Kier alpha value is -0.540. The summed E-state index contributed by atoms with van der Waals surface area (Å²) >= 11 is 7.41. The van der Waals surface area contributed by atoms with Gasteiger partial charge in [0.2, 0.25) is 0 Å². The largest absolute Gasteiger partial charge is 0.481 e. The van der Waals surface area contributed by atoms with E-state index in [1.807, 2.05) is 12.3 Å². The van der Waals surface area contributed by atoms with Crippen LogP contribution in [-0.2, 0) is 4.79 Å². The summed E-state index contributed by atoms with van der Waals surface area (Å²) < 4.78 is 0. The monoisotopic (exact) mass is 218 g/mol. The van der Waals surface area contributed by atoms with Crippen molar-refractivity contribution in [3.8, 4) is 0 Å². The molecule has 4 heteroatoms. The molecule has 1 rings (SSSR count). The van der Waals surface area contributed by atoms with Gasteiger partial charge >= 0.3 is 5.97 Å². The number of thiophene rings is 1. The number of aliphatic carboxylic acids is 1. The van der Waals surface area contributed by atoms with Crippen LogP contribution in [-0.4, -0.2) is 11.1 Å². The first-order valence-corrected chi connectivity index (χ1v) is 5.25. The van der Waals surface area contributed by atoms with E-state index < -0.39 is 11.9 Å². The van der Waals surface area contributed by atoms with E-state index >= 15 is 0 Å². The van der Waals surface area contributed by atoms with Crippen molar-refractivity contribution in [2.24, 2.45) is 5.92 Å². The molecular weight excluding hydrogens is 208 g/mol. The summed E-state index contributed by atoms with van der Waals surface area (Å²) in [6.07, 6.45) is 0. The highest BCUT2D eigenvalue weighted by atomic mass is 35.5. The van der Waals surface area contributed by atoms with E-state index in [1.54, 1.807) is 13.0 Å². The summed E-state index contributed by atoms with van der Waals surface area (Å²) in [6, 6.07) is 1.80. The van der Waals surface area contributed by atoms with Crippen LogP contribution < -0.4 is 0 Å². The number of rotatable bonds is 3. The molecule has 0 spiro atoms. The van der Waals surface area contributed by atoms with Crippen molar-refractivity contribution in [2.45, 2.75) is 19.8 Å². The molecule has 2 atom stereocenters. The standard InChI is InChI=1S/C9H11ClO2S/c1-5(6(2)9(11)12)8-7(10)3-4-13-8/h3-6H,1-2H3,(H,11,12). The van der Waals surface area contributed by atoms with E-state index in [0.29, 0.717) is 5.02 Å². The van der Waals surface area contributed by atoms with Crippen LogP contribution in [0.4, 0.5) is 0 Å². The van der Waals surface area contributed by atoms with E-state index in [4.69, 9.17) is 16.7 Å². The molecule has 0 aliphatic heterocycles. The van der Waals surface area contributed by atoms with E-state index in [2.05, 4.69) is 0 Å². The number of halogens is 1. The number of hydrogen-bond donors (Lipinski definition) is 1. The third kappa shape index (κ3) is 2.23. The first kappa shape index (κ1) is 10.5. The quantitative estimate of drug-likeness (QED) is 0.846. The Balaban J connectivity index is 2.85. The molecule has 2 unspecified atom stereocenters. The Bertz CT molecular complexity index is 308. The second-order valence-electron chi connectivity index (χ2n) is 3.05. The van der Waals surface area contributed by atoms with Gasteiger partial charge in [-0.2, -0.15) is 0 Å². The summed E-state index contributed by atoms with van der Waals surface area (Å²) in [7, 11) is 0. The fraction of sp³-hybridized carbons (Fsp3) is 0.444. The zero-order valence-corrected chi connectivity index (χ0v) is 9.02. The molecule has 0 saturated heterocycles. The van der Waals surface area contributed by atoms with Gasteiger partial charge in [0.25, 0.3) is 0 Å². The van der Waals surface area contributed by atoms with Crippen molar-refractivity contribution < 1.29 is 9.90 Å². The van der Waals surface area contributed by atoms with Gasteiger partial charge in [0.05, 0.1) is 10.9 Å². The minimum atomic E-state index is -0.781. The van der Waals surface area contributed by atoms with Gasteiger partial charge in [0, 0.05) is 10.8 Å². The average molecular weight is 219 g/mol. The molecule has 0 amide bonds. The Labute approximate surface area is 86.2 Å². The van der Waals surface area contributed by atoms with Crippen molar-refractivity contribution in [1.29, 1.82) is 0 Å². The molecule has 1 heterocycles. The average Bonchev–Trinajstić information content (AvgIpc) is 2.48. The molecule has 0 radical (unpaired) electrons. The summed E-state index contributed by atoms with van der Waals surface area (Å²) in [4.78, 5) is 11.7. The fourth-order valence-electron chi connectivity index (χ4n) is 1.07. The summed E-state index contributed by atoms with van der Waals surface area (Å²) in [5.74, 6) is -1.20. The molecule has 1 aromatic rings. The molecule has 13 heavy (non-hydrogen) atoms. The Morgan fingerprint density at radius 2 is 2.23 bits per heavy atom. The maximum atomic E-state index is 10.7. The molecule has 0 saturated carbocycles. The third-order valence-corrected chi connectivity index (χ3v) is 3.76. The number of hydrogen-bond acceptors (Lipinski definition) is 2. The maximum Gasteiger partial charge on any atom is 0.306 e. The predicted octanol–water partition coefficient (Wildman–Crippen LogP) is 3.23. The van der Waals surface area contributed by atoms with Crippen LogP contribution in [0.1, 0.15) is 24.6 Å². The van der Waals surface area contributed by atoms with Gasteiger partial charge in [-0.1, -0.05) is 25.4 Å². The number of carboxylic acid groups (broad SMARTS) is 1. The summed E-state index contributed by atoms with van der Waals surface area (Å²) in [5, 5.41) is 11.4. The Morgan fingerprint density at radius 3 is 2.62 bits per heavy atom. The molecule has 72 valence electrons. The van der Waals surface area contributed by atoms with Gasteiger partial charge in [0.1, 0.15) is 0 Å². The molecule has 0 aliphatic carbocycles. The topological polar surface area (TPSA) is 37.3 Å². The van der Waals surface area contributed by atoms with E-state index in [1.165, 1.54) is 11.3 Å². The molecule has 0 aromatic carbocycles. The Morgan fingerprint density at radius 1 is 1.62 bits per heavy atom. The zero-order valence-electron chi connectivity index (χ0n) is 7.45. The lowest BCUT2D eigenvalue weighted by Crippen LogP contribution is -2.15. The van der Waals surface area contributed by atoms with E-state index in [-0.39, 0.29) is 5.92 Å². The van der Waals surface area contributed by atoms with Crippen molar-refractivity contribution in [2.75, 3.05) is 0 Å². The van der Waals surface area contributed by atoms with Gasteiger partial charge in [-0.25, -0.2) is 0 Å². The Kier molecular flexibility index (Phi) is 3.33. The van der Waals surface area contributed by atoms with Crippen LogP contribution in [0.2, 0.25) is 5.02 Å². The highest BCUT2D eigenvalue weighted by molar-refractivity contribution is 7.10. The van der Waals surface area contributed by atoms with Crippen molar-refractivity contribution in [3.05, 3.63) is 21.3 Å². The lowest BCUT2D eigenvalue weighted by molar-refractivity contribution is -0.141. The number of carboxylic acids is 1. The minimum Gasteiger partial charge on any atom is -0.481 e. The first-order chi connectivity index (χ1) is 6.04. The van der Waals surface area contributed by atoms with Crippen LogP contribution in [0.5, 0.6) is 0 Å². The van der Waals surface area contributed by atoms with Crippen molar-refractivity contribution in [1.82, 2.24) is 0 Å². The molecular formula is C9H11ClO2S. The fourth-order valence-corrected chi connectivity index (χ4v) is 2.46. The minimum absolute atomic E-state index is 0.0231. The van der Waals surface area contributed by atoms with E-state index in [9.17, 15) is 4.79 Å². The molecule has 0 fully saturated rings. The van der Waals surface area contributed by atoms with Gasteiger partial charge in [-0.05, 0) is 11.4 Å². The number of carbonyl (C=O) groups is 1. The summed E-state index contributed by atoms with van der Waals surface area (Å²) in [6.45, 7) is 3.58. The molecule has 1 aromatic heterocycles. The highest BCUT2D eigenvalue weighted by Crippen LogP contribution is 2.34. The van der Waals surface area contributed by atoms with Gasteiger partial charge in [-0.15, -0.1) is 11.3 Å². The highest BCUT2D eigenvalue weighted by Gasteiger charge is 2.23. The SMILES string of the molecule is CC(C(=O)O)C(C)c1sccc1Cl. The van der Waals surface area contributed by atoms with Crippen LogP contribution in [0.25, 0.3) is 0 Å². The normalized spacial score (nSPS) is 15.3. The summed E-state index contributed by atoms with van der Waals surface area (Å²) in [5.41, 5.74) is 0. The van der Waals surface area contributed by atoms with Gasteiger partial charge in [-0.3, -0.25) is 4.79 Å². The predicted molar refractivity (Wildman–Crippen MR) is 54.5 cm³/mol. The van der Waals surface area contributed by atoms with E-state index in [0.717, 1.165) is 4.88 Å². The van der Waals surface area contributed by atoms with Gasteiger partial charge in [0.15, 0.2) is 0 Å². The molecule has 0 bridgehead atoms. The molecule has 2 nitrogen and oxygen atoms in total. The second-order valence-corrected chi connectivity index (χ2v) is 4.40. The molecule has 1 N–H and O–H groups in total. The van der Waals surface area contributed by atoms with Crippen molar-refractivity contribution >= 4 is 28.9 Å². The first-order valence-electron chi connectivity index (χ1n) is 3.99. The third-order valence-electron chi connectivity index (χ3n) is 2.20. The van der Waals surface area contributed by atoms with Crippen LogP contribution in [0, 0.1) is 5.92 Å². The zero-order chi connectivity index (χ0) is 10.0. The lowest BCUT2D eigenvalue weighted by Gasteiger charge is -2.14.